The molecule has 96 valence electrons. The van der Waals surface area contributed by atoms with Crippen LogP contribution in [0.3, 0.4) is 0 Å². The summed E-state index contributed by atoms with van der Waals surface area (Å²) in [5, 5.41) is 3.60. The minimum absolute atomic E-state index is 0.692. The van der Waals surface area contributed by atoms with Crippen molar-refractivity contribution in [2.75, 3.05) is 19.6 Å². The third-order valence-electron chi connectivity index (χ3n) is 3.91. The standard InChI is InChI=1S/C14H30N2/c1-4-13(15-6-3)12-16-11-9-7-8-10-14(16)5-2/h13-15H,4-12H2,1-3H3. The predicted octanol–water partition coefficient (Wildman–Crippen LogP) is 3.03. The van der Waals surface area contributed by atoms with E-state index in [4.69, 9.17) is 0 Å². The van der Waals surface area contributed by atoms with Gasteiger partial charge in [0.15, 0.2) is 0 Å². The van der Waals surface area contributed by atoms with Gasteiger partial charge in [-0.2, -0.15) is 0 Å². The van der Waals surface area contributed by atoms with Gasteiger partial charge in [-0.3, -0.25) is 4.90 Å². The number of rotatable bonds is 6. The van der Waals surface area contributed by atoms with Crippen LogP contribution in [0.5, 0.6) is 0 Å². The van der Waals surface area contributed by atoms with Crippen molar-refractivity contribution in [3.63, 3.8) is 0 Å². The van der Waals surface area contributed by atoms with Crippen molar-refractivity contribution in [2.45, 2.75) is 71.4 Å². The normalized spacial score (nSPS) is 25.3. The third kappa shape index (κ3) is 4.42. The molecule has 1 aliphatic rings. The highest BCUT2D eigenvalue weighted by Gasteiger charge is 2.21. The molecule has 2 unspecified atom stereocenters. The van der Waals surface area contributed by atoms with Crippen LogP contribution in [0, 0.1) is 0 Å². The number of nitrogens with zero attached hydrogens (tertiary/aromatic N) is 1. The molecule has 0 radical (unpaired) electrons. The van der Waals surface area contributed by atoms with E-state index in [2.05, 4.69) is 31.0 Å². The number of likely N-dealkylation sites (tertiary alicyclic amines) is 1. The molecular formula is C14H30N2. The van der Waals surface area contributed by atoms with Crippen LogP contribution < -0.4 is 5.32 Å². The van der Waals surface area contributed by atoms with Gasteiger partial charge in [0.1, 0.15) is 0 Å². The van der Waals surface area contributed by atoms with Crippen molar-refractivity contribution in [2.24, 2.45) is 0 Å². The average molecular weight is 226 g/mol. The SMILES string of the molecule is CCNC(CC)CN1CCCCCC1CC. The van der Waals surface area contributed by atoms with E-state index in [9.17, 15) is 0 Å². The van der Waals surface area contributed by atoms with Gasteiger partial charge in [-0.1, -0.05) is 33.6 Å². The van der Waals surface area contributed by atoms with Gasteiger partial charge in [-0.25, -0.2) is 0 Å². The van der Waals surface area contributed by atoms with Gasteiger partial charge in [-0.05, 0) is 38.8 Å². The summed E-state index contributed by atoms with van der Waals surface area (Å²) in [4.78, 5) is 2.74. The molecule has 1 fully saturated rings. The molecule has 1 aliphatic heterocycles. The van der Waals surface area contributed by atoms with Crippen molar-refractivity contribution in [1.82, 2.24) is 10.2 Å². The van der Waals surface area contributed by atoms with E-state index in [0.717, 1.165) is 12.6 Å². The lowest BCUT2D eigenvalue weighted by Gasteiger charge is -2.32. The van der Waals surface area contributed by atoms with Gasteiger partial charge in [-0.15, -0.1) is 0 Å². The van der Waals surface area contributed by atoms with Crippen LogP contribution >= 0.6 is 0 Å². The van der Waals surface area contributed by atoms with Gasteiger partial charge >= 0.3 is 0 Å². The largest absolute Gasteiger partial charge is 0.313 e. The minimum Gasteiger partial charge on any atom is -0.313 e. The van der Waals surface area contributed by atoms with Gasteiger partial charge in [0.2, 0.25) is 0 Å². The Bertz CT molecular complexity index is 170. The zero-order valence-corrected chi connectivity index (χ0v) is 11.5. The molecule has 0 aromatic rings. The second kappa shape index (κ2) is 8.08. The maximum atomic E-state index is 3.60. The van der Waals surface area contributed by atoms with Crippen molar-refractivity contribution < 1.29 is 0 Å². The number of hydrogen-bond donors (Lipinski definition) is 1. The lowest BCUT2D eigenvalue weighted by molar-refractivity contribution is 0.173. The average Bonchev–Trinajstić information content (AvgIpc) is 2.53. The van der Waals surface area contributed by atoms with Crippen molar-refractivity contribution in [3.8, 4) is 0 Å². The fourth-order valence-corrected chi connectivity index (χ4v) is 2.85. The second-order valence-electron chi connectivity index (χ2n) is 5.07. The van der Waals surface area contributed by atoms with E-state index >= 15 is 0 Å². The molecule has 2 atom stereocenters. The van der Waals surface area contributed by atoms with E-state index in [0.29, 0.717) is 6.04 Å². The molecule has 0 aromatic carbocycles. The number of nitrogens with one attached hydrogen (secondary N) is 1. The number of likely N-dealkylation sites (N-methyl/N-ethyl adjacent to an activating group) is 1. The highest BCUT2D eigenvalue weighted by atomic mass is 15.2. The third-order valence-corrected chi connectivity index (χ3v) is 3.91. The Morgan fingerprint density at radius 1 is 1.19 bits per heavy atom. The molecule has 0 amide bonds. The Kier molecular flexibility index (Phi) is 7.06. The fraction of sp³-hybridized carbons (Fsp3) is 1.00. The highest BCUT2D eigenvalue weighted by Crippen LogP contribution is 2.19. The highest BCUT2D eigenvalue weighted by molar-refractivity contribution is 4.78. The molecule has 0 spiro atoms. The van der Waals surface area contributed by atoms with E-state index < -0.39 is 0 Å². The maximum Gasteiger partial charge on any atom is 0.0192 e. The summed E-state index contributed by atoms with van der Waals surface area (Å²) in [5.74, 6) is 0. The lowest BCUT2D eigenvalue weighted by atomic mass is 10.1. The Morgan fingerprint density at radius 3 is 2.62 bits per heavy atom. The maximum absolute atomic E-state index is 3.60. The first-order valence-corrected chi connectivity index (χ1v) is 7.29. The monoisotopic (exact) mass is 226 g/mol. The van der Waals surface area contributed by atoms with E-state index in [1.54, 1.807) is 0 Å². The summed E-state index contributed by atoms with van der Waals surface area (Å²) in [6, 6.07) is 1.53. The van der Waals surface area contributed by atoms with Crippen LogP contribution in [-0.4, -0.2) is 36.6 Å². The van der Waals surface area contributed by atoms with Gasteiger partial charge in [0.05, 0.1) is 0 Å². The van der Waals surface area contributed by atoms with E-state index in [-0.39, 0.29) is 0 Å². The minimum atomic E-state index is 0.692. The molecule has 1 N–H and O–H groups in total. The fourth-order valence-electron chi connectivity index (χ4n) is 2.85. The first-order valence-electron chi connectivity index (χ1n) is 7.29. The van der Waals surface area contributed by atoms with Crippen LogP contribution in [0.2, 0.25) is 0 Å². The molecule has 2 heteroatoms. The van der Waals surface area contributed by atoms with E-state index in [1.165, 1.54) is 51.6 Å². The van der Waals surface area contributed by atoms with Crippen LogP contribution in [0.15, 0.2) is 0 Å². The Morgan fingerprint density at radius 2 is 2.00 bits per heavy atom. The first kappa shape index (κ1) is 14.0. The van der Waals surface area contributed by atoms with Crippen LogP contribution in [-0.2, 0) is 0 Å². The Balaban J connectivity index is 2.46. The molecule has 1 saturated heterocycles. The van der Waals surface area contributed by atoms with Gasteiger partial charge < -0.3 is 5.32 Å². The summed E-state index contributed by atoms with van der Waals surface area (Å²) in [7, 11) is 0. The van der Waals surface area contributed by atoms with E-state index in [1.807, 2.05) is 0 Å². The first-order chi connectivity index (χ1) is 7.81. The molecule has 0 saturated carbocycles. The summed E-state index contributed by atoms with van der Waals surface area (Å²) < 4.78 is 0. The smallest absolute Gasteiger partial charge is 0.0192 e. The van der Waals surface area contributed by atoms with Crippen LogP contribution in [0.1, 0.15) is 59.3 Å². The summed E-state index contributed by atoms with van der Waals surface area (Å²) in [6.45, 7) is 10.5. The van der Waals surface area contributed by atoms with Crippen molar-refractivity contribution in [1.29, 1.82) is 0 Å². The number of hydrogen-bond acceptors (Lipinski definition) is 2. The topological polar surface area (TPSA) is 15.3 Å². The Labute approximate surface area is 102 Å². The quantitative estimate of drug-likeness (QED) is 0.749. The zero-order valence-electron chi connectivity index (χ0n) is 11.5. The molecule has 2 nitrogen and oxygen atoms in total. The molecule has 0 bridgehead atoms. The summed E-state index contributed by atoms with van der Waals surface area (Å²) >= 11 is 0. The molecule has 0 aliphatic carbocycles. The summed E-state index contributed by atoms with van der Waals surface area (Å²) in [5.41, 5.74) is 0. The van der Waals surface area contributed by atoms with Crippen LogP contribution in [0.4, 0.5) is 0 Å². The second-order valence-corrected chi connectivity index (χ2v) is 5.07. The Hall–Kier alpha value is -0.0800. The van der Waals surface area contributed by atoms with Crippen molar-refractivity contribution >= 4 is 0 Å². The molecule has 16 heavy (non-hydrogen) atoms. The van der Waals surface area contributed by atoms with Gasteiger partial charge in [0.25, 0.3) is 0 Å². The molecule has 1 heterocycles. The van der Waals surface area contributed by atoms with Crippen molar-refractivity contribution in [3.05, 3.63) is 0 Å². The van der Waals surface area contributed by atoms with Crippen LogP contribution in [0.25, 0.3) is 0 Å². The van der Waals surface area contributed by atoms with Gasteiger partial charge in [0, 0.05) is 18.6 Å². The predicted molar refractivity (Wildman–Crippen MR) is 71.9 cm³/mol. The molecule has 1 rings (SSSR count). The lowest BCUT2D eigenvalue weighted by Crippen LogP contribution is -2.45. The molecule has 0 aromatic heterocycles. The summed E-state index contributed by atoms with van der Waals surface area (Å²) in [6.07, 6.45) is 8.26. The zero-order chi connectivity index (χ0) is 11.8. The molecular weight excluding hydrogens is 196 g/mol.